The molecule has 1 saturated heterocycles. The number of rotatable bonds is 5. The molecule has 1 aromatic rings. The normalized spacial score (nSPS) is 28.0. The van der Waals surface area contributed by atoms with Crippen LogP contribution in [0.25, 0.3) is 0 Å². The molecule has 0 amide bonds. The molecule has 2 atom stereocenters. The third kappa shape index (κ3) is 3.35. The molecule has 0 spiro atoms. The Labute approximate surface area is 125 Å². The van der Waals surface area contributed by atoms with Gasteiger partial charge in [-0.3, -0.25) is 4.79 Å². The van der Waals surface area contributed by atoms with Crippen molar-refractivity contribution in [3.05, 3.63) is 48.0 Å². The Balaban J connectivity index is 1.53. The molecule has 1 fully saturated rings. The molecule has 1 aromatic carbocycles. The quantitative estimate of drug-likeness (QED) is 0.472. The first-order chi connectivity index (χ1) is 10.3. The predicted octanol–water partition coefficient (Wildman–Crippen LogP) is 3.49. The fraction of sp³-hybridized carbons (Fsp3) is 0.500. The van der Waals surface area contributed by atoms with Gasteiger partial charge in [-0.25, -0.2) is 0 Å². The molecule has 0 unspecified atom stereocenters. The lowest BCUT2D eigenvalue weighted by molar-refractivity contribution is -0.160. The summed E-state index contributed by atoms with van der Waals surface area (Å²) in [6.45, 7) is 1.92. The monoisotopic (exact) mass is 286 g/mol. The minimum absolute atomic E-state index is 0.0626. The molecule has 2 aliphatic rings. The number of hydrogen-bond acceptors (Lipinski definition) is 3. The molecule has 0 saturated carbocycles. The number of esters is 1. The Morgan fingerprint density at radius 2 is 2.14 bits per heavy atom. The van der Waals surface area contributed by atoms with Crippen molar-refractivity contribution in [1.29, 1.82) is 0 Å². The first-order valence-corrected chi connectivity index (χ1v) is 7.72. The molecule has 1 aliphatic carbocycles. The Morgan fingerprint density at radius 3 is 3.00 bits per heavy atom. The molecule has 0 aromatic heterocycles. The van der Waals surface area contributed by atoms with Crippen molar-refractivity contribution in [2.45, 2.75) is 32.3 Å². The maximum Gasteiger partial charge on any atom is 0.306 e. The van der Waals surface area contributed by atoms with Crippen LogP contribution in [0.4, 0.5) is 0 Å². The predicted molar refractivity (Wildman–Crippen MR) is 80.6 cm³/mol. The highest BCUT2D eigenvalue weighted by atomic mass is 16.5. The summed E-state index contributed by atoms with van der Waals surface area (Å²) < 4.78 is 11.2. The van der Waals surface area contributed by atoms with E-state index in [4.69, 9.17) is 9.47 Å². The number of benzene rings is 1. The van der Waals surface area contributed by atoms with Crippen LogP contribution in [0.5, 0.6) is 0 Å². The smallest absolute Gasteiger partial charge is 0.306 e. The SMILES string of the molecule is O=C1C[C@@H]2C=CCC[C@]2(CCOCc2ccccc2)CO1. The van der Waals surface area contributed by atoms with Gasteiger partial charge in [-0.2, -0.15) is 0 Å². The number of ether oxygens (including phenoxy) is 2. The molecule has 3 nitrogen and oxygen atoms in total. The molecule has 3 heteroatoms. The molecule has 0 N–H and O–H groups in total. The number of allylic oxidation sites excluding steroid dienone is 2. The average Bonchev–Trinajstić information content (AvgIpc) is 2.53. The van der Waals surface area contributed by atoms with Gasteiger partial charge in [0.2, 0.25) is 0 Å². The molecule has 112 valence electrons. The summed E-state index contributed by atoms with van der Waals surface area (Å²) in [6, 6.07) is 10.2. The van der Waals surface area contributed by atoms with E-state index in [1.54, 1.807) is 0 Å². The second-order valence-corrected chi connectivity index (χ2v) is 6.09. The van der Waals surface area contributed by atoms with E-state index in [2.05, 4.69) is 24.3 Å². The van der Waals surface area contributed by atoms with Crippen molar-refractivity contribution in [2.75, 3.05) is 13.2 Å². The van der Waals surface area contributed by atoms with Crippen LogP contribution in [0.1, 0.15) is 31.2 Å². The zero-order valence-electron chi connectivity index (χ0n) is 12.3. The lowest BCUT2D eigenvalue weighted by Crippen LogP contribution is -2.43. The van der Waals surface area contributed by atoms with Crippen LogP contribution in [0.3, 0.4) is 0 Å². The van der Waals surface area contributed by atoms with Gasteiger partial charge >= 0.3 is 5.97 Å². The van der Waals surface area contributed by atoms with E-state index in [1.165, 1.54) is 5.56 Å². The first-order valence-electron chi connectivity index (χ1n) is 7.72. The summed E-state index contributed by atoms with van der Waals surface area (Å²) in [5.74, 6) is 0.264. The van der Waals surface area contributed by atoms with Gasteiger partial charge in [-0.05, 0) is 30.7 Å². The highest BCUT2D eigenvalue weighted by Gasteiger charge is 2.43. The largest absolute Gasteiger partial charge is 0.465 e. The van der Waals surface area contributed by atoms with Crippen molar-refractivity contribution < 1.29 is 14.3 Å². The molecule has 3 rings (SSSR count). The van der Waals surface area contributed by atoms with E-state index in [0.29, 0.717) is 25.6 Å². The topological polar surface area (TPSA) is 35.5 Å². The maximum atomic E-state index is 11.5. The molecule has 1 heterocycles. The number of carbonyl (C=O) groups excluding carboxylic acids is 1. The first kappa shape index (κ1) is 14.3. The highest BCUT2D eigenvalue weighted by molar-refractivity contribution is 5.71. The van der Waals surface area contributed by atoms with Gasteiger partial charge in [0, 0.05) is 12.0 Å². The van der Waals surface area contributed by atoms with E-state index >= 15 is 0 Å². The van der Waals surface area contributed by atoms with Crippen LogP contribution in [0, 0.1) is 11.3 Å². The van der Waals surface area contributed by atoms with Crippen molar-refractivity contribution in [2.24, 2.45) is 11.3 Å². The summed E-state index contributed by atoms with van der Waals surface area (Å²) in [5.41, 5.74) is 1.30. The summed E-state index contributed by atoms with van der Waals surface area (Å²) in [5, 5.41) is 0. The number of cyclic esters (lactones) is 1. The molecule has 0 bridgehead atoms. The minimum atomic E-state index is -0.0626. The summed E-state index contributed by atoms with van der Waals surface area (Å²) in [6.07, 6.45) is 8.06. The summed E-state index contributed by atoms with van der Waals surface area (Å²) >= 11 is 0. The van der Waals surface area contributed by atoms with Crippen molar-refractivity contribution in [3.8, 4) is 0 Å². The third-order valence-electron chi connectivity index (χ3n) is 4.73. The van der Waals surface area contributed by atoms with Crippen LogP contribution >= 0.6 is 0 Å². The van der Waals surface area contributed by atoms with Crippen molar-refractivity contribution in [3.63, 3.8) is 0 Å². The van der Waals surface area contributed by atoms with Gasteiger partial charge in [0.1, 0.15) is 0 Å². The third-order valence-corrected chi connectivity index (χ3v) is 4.73. The van der Waals surface area contributed by atoms with Gasteiger partial charge in [0.05, 0.1) is 19.6 Å². The van der Waals surface area contributed by atoms with E-state index in [9.17, 15) is 4.79 Å². The number of fused-ring (bicyclic) bond motifs is 1. The molecule has 21 heavy (non-hydrogen) atoms. The second-order valence-electron chi connectivity index (χ2n) is 6.09. The number of carbonyl (C=O) groups is 1. The fourth-order valence-electron chi connectivity index (χ4n) is 3.37. The van der Waals surface area contributed by atoms with Gasteiger partial charge in [0.15, 0.2) is 0 Å². The number of hydrogen-bond donors (Lipinski definition) is 0. The Kier molecular flexibility index (Phi) is 4.39. The summed E-state index contributed by atoms with van der Waals surface area (Å²) in [7, 11) is 0. The standard InChI is InChI=1S/C18H22O3/c19-17-12-16-8-4-5-9-18(16,14-21-17)10-11-20-13-15-6-2-1-3-7-15/h1-4,6-8,16H,5,9-14H2/t16-,18-/m0/s1. The van der Waals surface area contributed by atoms with Crippen LogP contribution < -0.4 is 0 Å². The van der Waals surface area contributed by atoms with Crippen LogP contribution in [-0.2, 0) is 20.9 Å². The highest BCUT2D eigenvalue weighted by Crippen LogP contribution is 2.45. The lowest BCUT2D eigenvalue weighted by atomic mass is 9.65. The van der Waals surface area contributed by atoms with Crippen molar-refractivity contribution >= 4 is 5.97 Å². The molecule has 0 radical (unpaired) electrons. The van der Waals surface area contributed by atoms with Crippen LogP contribution in [-0.4, -0.2) is 19.2 Å². The Morgan fingerprint density at radius 1 is 1.29 bits per heavy atom. The lowest BCUT2D eigenvalue weighted by Gasteiger charge is -2.44. The zero-order valence-corrected chi connectivity index (χ0v) is 12.3. The van der Waals surface area contributed by atoms with Gasteiger partial charge in [-0.1, -0.05) is 42.5 Å². The Hall–Kier alpha value is -1.61. The molecule has 1 aliphatic heterocycles. The molecular weight excluding hydrogens is 264 g/mol. The van der Waals surface area contributed by atoms with Gasteiger partial charge < -0.3 is 9.47 Å². The van der Waals surface area contributed by atoms with Crippen LogP contribution in [0.2, 0.25) is 0 Å². The van der Waals surface area contributed by atoms with Crippen LogP contribution in [0.15, 0.2) is 42.5 Å². The second kappa shape index (κ2) is 6.44. The maximum absolute atomic E-state index is 11.5. The summed E-state index contributed by atoms with van der Waals surface area (Å²) in [4.78, 5) is 11.5. The minimum Gasteiger partial charge on any atom is -0.465 e. The van der Waals surface area contributed by atoms with E-state index in [0.717, 1.165) is 25.9 Å². The van der Waals surface area contributed by atoms with Gasteiger partial charge in [0.25, 0.3) is 0 Å². The van der Waals surface area contributed by atoms with E-state index in [1.807, 2.05) is 18.2 Å². The fourth-order valence-corrected chi connectivity index (χ4v) is 3.37. The van der Waals surface area contributed by atoms with Gasteiger partial charge in [-0.15, -0.1) is 0 Å². The zero-order chi connectivity index (χ0) is 14.5. The molecular formula is C18H22O3. The van der Waals surface area contributed by atoms with Crippen molar-refractivity contribution in [1.82, 2.24) is 0 Å². The van der Waals surface area contributed by atoms with E-state index in [-0.39, 0.29) is 11.4 Å². The Bertz CT molecular complexity index is 508. The van der Waals surface area contributed by atoms with E-state index < -0.39 is 0 Å². The average molecular weight is 286 g/mol.